The van der Waals surface area contributed by atoms with Crippen molar-refractivity contribution in [2.24, 2.45) is 0 Å². The molecule has 1 fully saturated rings. The molecule has 2 aliphatic rings. The Bertz CT molecular complexity index is 886. The summed E-state index contributed by atoms with van der Waals surface area (Å²) >= 11 is 0. The molecule has 1 aromatic carbocycles. The van der Waals surface area contributed by atoms with Crippen molar-refractivity contribution >= 4 is 11.8 Å². The number of hydrogen-bond donors (Lipinski definition) is 2. The van der Waals surface area contributed by atoms with E-state index >= 15 is 0 Å². The van der Waals surface area contributed by atoms with E-state index in [2.05, 4.69) is 10.4 Å². The predicted octanol–water partition coefficient (Wildman–Crippen LogP) is 0.979. The number of ether oxygens (including phenoxy) is 1. The first-order chi connectivity index (χ1) is 13.5. The second-order valence-corrected chi connectivity index (χ2v) is 7.34. The van der Waals surface area contributed by atoms with Gasteiger partial charge in [0, 0.05) is 38.5 Å². The molecule has 1 atom stereocenters. The summed E-state index contributed by atoms with van der Waals surface area (Å²) < 4.78 is 7.50. The number of piperidine rings is 1. The number of likely N-dealkylation sites (tertiary alicyclic amines) is 1. The van der Waals surface area contributed by atoms with Crippen LogP contribution in [0.5, 0.6) is 5.75 Å². The zero-order valence-electron chi connectivity index (χ0n) is 15.8. The van der Waals surface area contributed by atoms with Gasteiger partial charge in [0.2, 0.25) is 0 Å². The number of fused-ring (bicyclic) bond motifs is 1. The molecule has 0 radical (unpaired) electrons. The van der Waals surface area contributed by atoms with Crippen LogP contribution in [0.15, 0.2) is 30.3 Å². The first kappa shape index (κ1) is 18.5. The van der Waals surface area contributed by atoms with Crippen LogP contribution in [-0.4, -0.2) is 63.4 Å². The van der Waals surface area contributed by atoms with Gasteiger partial charge in [-0.15, -0.1) is 0 Å². The number of hydrogen-bond acceptors (Lipinski definition) is 5. The Morgan fingerprint density at radius 2 is 2.04 bits per heavy atom. The molecular weight excluding hydrogens is 360 g/mol. The van der Waals surface area contributed by atoms with Gasteiger partial charge in [-0.1, -0.05) is 18.2 Å². The van der Waals surface area contributed by atoms with Crippen LogP contribution < -0.4 is 10.1 Å². The summed E-state index contributed by atoms with van der Waals surface area (Å²) in [4.78, 5) is 26.7. The van der Waals surface area contributed by atoms with E-state index < -0.39 is 6.10 Å². The smallest absolute Gasteiger partial charge is 0.274 e. The summed E-state index contributed by atoms with van der Waals surface area (Å²) in [7, 11) is 0. The Balaban J connectivity index is 1.39. The lowest BCUT2D eigenvalue weighted by Gasteiger charge is -2.32. The van der Waals surface area contributed by atoms with E-state index in [9.17, 15) is 14.7 Å². The van der Waals surface area contributed by atoms with Crippen LogP contribution in [0.25, 0.3) is 0 Å². The van der Waals surface area contributed by atoms with Gasteiger partial charge in [-0.3, -0.25) is 14.3 Å². The molecule has 0 bridgehead atoms. The minimum Gasteiger partial charge on any atom is -0.490 e. The lowest BCUT2D eigenvalue weighted by molar-refractivity contribution is 0.0587. The first-order valence-electron chi connectivity index (χ1n) is 9.57. The summed E-state index contributed by atoms with van der Waals surface area (Å²) in [6.07, 6.45) is 0.840. The van der Waals surface area contributed by atoms with Gasteiger partial charge in [0.15, 0.2) is 5.69 Å². The van der Waals surface area contributed by atoms with Crippen LogP contribution in [0, 0.1) is 6.92 Å². The number of aryl methyl sites for hydroxylation is 1. The molecule has 2 amide bonds. The number of benzene rings is 1. The quantitative estimate of drug-likeness (QED) is 0.822. The zero-order valence-corrected chi connectivity index (χ0v) is 15.8. The number of aliphatic hydroxyl groups is 1. The van der Waals surface area contributed by atoms with Crippen LogP contribution in [0.2, 0.25) is 0 Å². The normalized spacial score (nSPS) is 20.3. The Hall–Kier alpha value is -2.87. The number of β-amino-alcohol motifs (C(OH)–C–C–N with tert-alkyl or cyclic N) is 1. The Labute approximate surface area is 163 Å². The summed E-state index contributed by atoms with van der Waals surface area (Å²) in [6, 6.07) is 9.42. The Kier molecular flexibility index (Phi) is 5.04. The van der Waals surface area contributed by atoms with Gasteiger partial charge >= 0.3 is 0 Å². The van der Waals surface area contributed by atoms with Gasteiger partial charge in [-0.25, -0.2) is 0 Å². The topological polar surface area (TPSA) is 96.7 Å². The number of nitrogens with one attached hydrogen (secondary N) is 1. The van der Waals surface area contributed by atoms with E-state index in [4.69, 9.17) is 4.74 Å². The van der Waals surface area contributed by atoms with E-state index in [1.165, 1.54) is 10.7 Å². The third-order valence-corrected chi connectivity index (χ3v) is 5.23. The molecule has 1 aromatic heterocycles. The van der Waals surface area contributed by atoms with Gasteiger partial charge < -0.3 is 20.1 Å². The van der Waals surface area contributed by atoms with Crippen molar-refractivity contribution in [3.63, 3.8) is 0 Å². The molecule has 0 spiro atoms. The predicted molar refractivity (Wildman–Crippen MR) is 101 cm³/mol. The van der Waals surface area contributed by atoms with Crippen LogP contribution in [0.1, 0.15) is 39.4 Å². The van der Waals surface area contributed by atoms with Crippen molar-refractivity contribution in [3.05, 3.63) is 47.3 Å². The average Bonchev–Trinajstić information content (AvgIpc) is 3.06. The monoisotopic (exact) mass is 384 g/mol. The van der Waals surface area contributed by atoms with Crippen LogP contribution in [-0.2, 0) is 6.54 Å². The highest BCUT2D eigenvalue weighted by Crippen LogP contribution is 2.23. The molecule has 4 rings (SSSR count). The Morgan fingerprint density at radius 1 is 1.29 bits per heavy atom. The maximum absolute atomic E-state index is 12.8. The van der Waals surface area contributed by atoms with Gasteiger partial charge in [0.25, 0.3) is 11.8 Å². The van der Waals surface area contributed by atoms with Gasteiger partial charge in [0.1, 0.15) is 17.5 Å². The minimum atomic E-state index is -0.720. The summed E-state index contributed by atoms with van der Waals surface area (Å²) in [5.74, 6) is 0.361. The summed E-state index contributed by atoms with van der Waals surface area (Å²) in [5.41, 5.74) is 1.64. The minimum absolute atomic E-state index is 0.0739. The number of aromatic nitrogens is 2. The zero-order chi connectivity index (χ0) is 19.7. The van der Waals surface area contributed by atoms with Crippen molar-refractivity contribution in [2.75, 3.05) is 19.6 Å². The number of aliphatic hydroxyl groups excluding tert-OH is 1. The van der Waals surface area contributed by atoms with E-state index in [0.717, 1.165) is 24.2 Å². The molecule has 0 saturated carbocycles. The molecule has 2 aliphatic heterocycles. The fraction of sp³-hybridized carbons (Fsp3) is 0.450. The van der Waals surface area contributed by atoms with E-state index in [-0.39, 0.29) is 36.7 Å². The molecule has 8 heteroatoms. The first-order valence-corrected chi connectivity index (χ1v) is 9.57. The molecule has 1 saturated heterocycles. The van der Waals surface area contributed by atoms with Crippen molar-refractivity contribution < 1.29 is 19.4 Å². The second-order valence-electron chi connectivity index (χ2n) is 7.34. The van der Waals surface area contributed by atoms with Crippen molar-refractivity contribution in [1.82, 2.24) is 20.0 Å². The van der Waals surface area contributed by atoms with Crippen LogP contribution in [0.3, 0.4) is 0 Å². The molecule has 0 aliphatic carbocycles. The lowest BCUT2D eigenvalue weighted by Crippen LogP contribution is -2.42. The molecule has 1 unspecified atom stereocenters. The number of nitrogens with zero attached hydrogens (tertiary/aromatic N) is 3. The maximum Gasteiger partial charge on any atom is 0.274 e. The highest BCUT2D eigenvalue weighted by Gasteiger charge is 2.29. The summed E-state index contributed by atoms with van der Waals surface area (Å²) in [6.45, 7) is 3.54. The number of carbonyl (C=O) groups excluding carboxylic acids is 2. The Morgan fingerprint density at radius 3 is 2.79 bits per heavy atom. The molecule has 2 aromatic rings. The van der Waals surface area contributed by atoms with Crippen LogP contribution >= 0.6 is 0 Å². The van der Waals surface area contributed by atoms with Crippen molar-refractivity contribution in [2.45, 2.75) is 38.5 Å². The lowest BCUT2D eigenvalue weighted by atomic mass is 10.1. The van der Waals surface area contributed by atoms with E-state index in [1.807, 2.05) is 31.2 Å². The fourth-order valence-corrected chi connectivity index (χ4v) is 3.62. The maximum atomic E-state index is 12.8. The largest absolute Gasteiger partial charge is 0.490 e. The van der Waals surface area contributed by atoms with Gasteiger partial charge in [-0.2, -0.15) is 5.10 Å². The second kappa shape index (κ2) is 7.63. The van der Waals surface area contributed by atoms with Crippen LogP contribution in [0.4, 0.5) is 0 Å². The number of amides is 2. The number of para-hydroxylation sites is 1. The third-order valence-electron chi connectivity index (χ3n) is 5.23. The van der Waals surface area contributed by atoms with E-state index in [1.54, 1.807) is 4.90 Å². The van der Waals surface area contributed by atoms with Gasteiger partial charge in [0.05, 0.1) is 12.6 Å². The molecule has 2 N–H and O–H groups in total. The summed E-state index contributed by atoms with van der Waals surface area (Å²) in [5, 5.41) is 16.7. The molecule has 3 heterocycles. The highest BCUT2D eigenvalue weighted by molar-refractivity contribution is 5.98. The standard InChI is InChI=1S/C20H24N4O4/c1-13-4-2-3-5-18(13)28-15-6-8-23(9-7-15)20(27)16-10-17-19(26)21-11-14(25)12-24(17)22-16/h2-5,10,14-15,25H,6-9,11-12H2,1H3,(H,21,26). The van der Waals surface area contributed by atoms with E-state index in [0.29, 0.717) is 18.8 Å². The fourth-order valence-electron chi connectivity index (χ4n) is 3.62. The SMILES string of the molecule is Cc1ccccc1OC1CCN(C(=O)c2cc3n(n2)CC(O)CNC3=O)CC1. The molecule has 8 nitrogen and oxygen atoms in total. The van der Waals surface area contributed by atoms with Crippen molar-refractivity contribution in [3.8, 4) is 5.75 Å². The molecule has 28 heavy (non-hydrogen) atoms. The highest BCUT2D eigenvalue weighted by atomic mass is 16.5. The molecular formula is C20H24N4O4. The number of carbonyl (C=O) groups is 2. The van der Waals surface area contributed by atoms with Gasteiger partial charge in [-0.05, 0) is 18.6 Å². The van der Waals surface area contributed by atoms with Crippen molar-refractivity contribution in [1.29, 1.82) is 0 Å². The third kappa shape index (κ3) is 3.73. The number of rotatable bonds is 3. The average molecular weight is 384 g/mol. The molecule has 148 valence electrons.